The summed E-state index contributed by atoms with van der Waals surface area (Å²) < 4.78 is 53.4. The Balaban J connectivity index is 2.10. The van der Waals surface area contributed by atoms with E-state index in [0.717, 1.165) is 12.1 Å². The molecule has 3 nitrogen and oxygen atoms in total. The van der Waals surface area contributed by atoms with Gasteiger partial charge in [0.05, 0.1) is 16.8 Å². The summed E-state index contributed by atoms with van der Waals surface area (Å²) in [5.41, 5.74) is -0.127. The van der Waals surface area contributed by atoms with Gasteiger partial charge in [-0.05, 0) is 43.7 Å². The number of benzene rings is 2. The Morgan fingerprint density at radius 1 is 0.962 bits per heavy atom. The predicted molar refractivity (Wildman–Crippen MR) is 92.4 cm³/mol. The van der Waals surface area contributed by atoms with Gasteiger partial charge in [0.1, 0.15) is 5.82 Å². The summed E-state index contributed by atoms with van der Waals surface area (Å²) in [6, 6.07) is 2.56. The van der Waals surface area contributed by atoms with Crippen LogP contribution in [0.25, 0.3) is 0 Å². The Bertz CT molecular complexity index is 848. The van der Waals surface area contributed by atoms with Crippen molar-refractivity contribution in [1.29, 1.82) is 0 Å². The van der Waals surface area contributed by atoms with E-state index >= 15 is 0 Å². The lowest BCUT2D eigenvalue weighted by Gasteiger charge is -2.21. The van der Waals surface area contributed by atoms with E-state index in [2.05, 4.69) is 10.6 Å². The minimum Gasteiger partial charge on any atom is -0.322 e. The summed E-state index contributed by atoms with van der Waals surface area (Å²) in [5, 5.41) is 5.08. The first-order valence-electron chi connectivity index (χ1n) is 7.46. The fraction of sp³-hybridized carbons (Fsp3) is 0.235. The molecule has 26 heavy (non-hydrogen) atoms. The van der Waals surface area contributed by atoms with Gasteiger partial charge in [-0.15, -0.1) is 0 Å². The van der Waals surface area contributed by atoms with Crippen molar-refractivity contribution in [1.82, 2.24) is 5.32 Å². The SMILES string of the molecule is C[C@H](N[C@H](C)c1cc(F)c(Cl)cc1Cl)C(=O)Nc1ccc(F)c(F)c1F. The fourth-order valence-electron chi connectivity index (χ4n) is 2.27. The maximum absolute atomic E-state index is 13.6. The van der Waals surface area contributed by atoms with Gasteiger partial charge in [-0.1, -0.05) is 23.2 Å². The normalized spacial score (nSPS) is 13.4. The summed E-state index contributed by atoms with van der Waals surface area (Å²) in [6.45, 7) is 3.10. The van der Waals surface area contributed by atoms with Crippen LogP contribution < -0.4 is 10.6 Å². The molecule has 0 bridgehead atoms. The summed E-state index contributed by atoms with van der Waals surface area (Å²) in [6.07, 6.45) is 0. The molecule has 2 aromatic carbocycles. The number of hydrogen-bond acceptors (Lipinski definition) is 2. The molecule has 0 aromatic heterocycles. The zero-order valence-electron chi connectivity index (χ0n) is 13.6. The molecule has 0 saturated carbocycles. The first-order chi connectivity index (χ1) is 12.1. The van der Waals surface area contributed by atoms with E-state index in [1.54, 1.807) is 6.92 Å². The van der Waals surface area contributed by atoms with E-state index in [1.807, 2.05) is 0 Å². The Morgan fingerprint density at radius 2 is 1.62 bits per heavy atom. The molecule has 0 aliphatic carbocycles. The molecule has 1 amide bonds. The monoisotopic (exact) mass is 408 g/mol. The highest BCUT2D eigenvalue weighted by atomic mass is 35.5. The van der Waals surface area contributed by atoms with E-state index < -0.39 is 46.9 Å². The van der Waals surface area contributed by atoms with Gasteiger partial charge in [0, 0.05) is 11.1 Å². The van der Waals surface area contributed by atoms with Crippen LogP contribution in [0, 0.1) is 23.3 Å². The second kappa shape index (κ2) is 8.24. The van der Waals surface area contributed by atoms with Crippen LogP contribution in [0.15, 0.2) is 24.3 Å². The van der Waals surface area contributed by atoms with Crippen molar-refractivity contribution in [2.24, 2.45) is 0 Å². The van der Waals surface area contributed by atoms with Gasteiger partial charge in [-0.2, -0.15) is 0 Å². The Morgan fingerprint density at radius 3 is 2.27 bits per heavy atom. The zero-order valence-corrected chi connectivity index (χ0v) is 15.2. The first-order valence-corrected chi connectivity index (χ1v) is 8.22. The maximum atomic E-state index is 13.6. The molecule has 2 atom stereocenters. The van der Waals surface area contributed by atoms with Crippen LogP contribution in [0.2, 0.25) is 10.0 Å². The lowest BCUT2D eigenvalue weighted by Crippen LogP contribution is -2.39. The van der Waals surface area contributed by atoms with Crippen molar-refractivity contribution in [3.63, 3.8) is 0 Å². The summed E-state index contributed by atoms with van der Waals surface area (Å²) in [7, 11) is 0. The van der Waals surface area contributed by atoms with E-state index in [1.165, 1.54) is 13.0 Å². The van der Waals surface area contributed by atoms with Gasteiger partial charge in [0.15, 0.2) is 17.5 Å². The maximum Gasteiger partial charge on any atom is 0.241 e. The van der Waals surface area contributed by atoms with Crippen LogP contribution in [0.4, 0.5) is 23.2 Å². The topological polar surface area (TPSA) is 41.1 Å². The van der Waals surface area contributed by atoms with Crippen molar-refractivity contribution < 1.29 is 22.4 Å². The predicted octanol–water partition coefficient (Wildman–Crippen LogP) is 5.23. The minimum absolute atomic E-state index is 0.134. The molecular formula is C17H14Cl2F4N2O. The van der Waals surface area contributed by atoms with Crippen molar-refractivity contribution in [3.8, 4) is 0 Å². The van der Waals surface area contributed by atoms with E-state index in [0.29, 0.717) is 11.6 Å². The van der Waals surface area contributed by atoms with Gasteiger partial charge in [-0.25, -0.2) is 17.6 Å². The molecule has 0 spiro atoms. The second-order valence-corrected chi connectivity index (χ2v) is 6.42. The van der Waals surface area contributed by atoms with E-state index in [-0.39, 0.29) is 10.0 Å². The van der Waals surface area contributed by atoms with Crippen LogP contribution >= 0.6 is 23.2 Å². The second-order valence-electron chi connectivity index (χ2n) is 5.61. The molecule has 0 unspecified atom stereocenters. The number of carbonyl (C=O) groups is 1. The van der Waals surface area contributed by atoms with Gasteiger partial charge >= 0.3 is 0 Å². The number of rotatable bonds is 5. The molecule has 0 aliphatic rings. The molecule has 140 valence electrons. The Kier molecular flexibility index (Phi) is 6.49. The summed E-state index contributed by atoms with van der Waals surface area (Å²) in [5.74, 6) is -5.91. The van der Waals surface area contributed by atoms with E-state index in [4.69, 9.17) is 23.2 Å². The first kappa shape index (κ1) is 20.5. The zero-order chi connectivity index (χ0) is 19.6. The molecule has 9 heteroatoms. The lowest BCUT2D eigenvalue weighted by atomic mass is 10.1. The largest absolute Gasteiger partial charge is 0.322 e. The van der Waals surface area contributed by atoms with Crippen LogP contribution in [-0.4, -0.2) is 11.9 Å². The summed E-state index contributed by atoms with van der Waals surface area (Å²) in [4.78, 5) is 12.1. The number of hydrogen-bond donors (Lipinski definition) is 2. The minimum atomic E-state index is -1.68. The molecule has 0 fully saturated rings. The highest BCUT2D eigenvalue weighted by Crippen LogP contribution is 2.29. The highest BCUT2D eigenvalue weighted by molar-refractivity contribution is 6.35. The third kappa shape index (κ3) is 4.47. The van der Waals surface area contributed by atoms with Crippen LogP contribution in [-0.2, 0) is 4.79 Å². The smallest absolute Gasteiger partial charge is 0.241 e. The Labute approximate surface area is 157 Å². The average Bonchev–Trinajstić information content (AvgIpc) is 2.58. The van der Waals surface area contributed by atoms with Crippen molar-refractivity contribution >= 4 is 34.8 Å². The lowest BCUT2D eigenvalue weighted by molar-refractivity contribution is -0.118. The summed E-state index contributed by atoms with van der Waals surface area (Å²) >= 11 is 11.7. The highest BCUT2D eigenvalue weighted by Gasteiger charge is 2.21. The van der Waals surface area contributed by atoms with Crippen LogP contribution in [0.5, 0.6) is 0 Å². The van der Waals surface area contributed by atoms with Gasteiger partial charge in [-0.3, -0.25) is 10.1 Å². The third-order valence-corrected chi connectivity index (χ3v) is 4.31. The molecule has 0 saturated heterocycles. The molecule has 0 radical (unpaired) electrons. The quantitative estimate of drug-likeness (QED) is 0.404. The molecular weight excluding hydrogens is 395 g/mol. The van der Waals surface area contributed by atoms with E-state index in [9.17, 15) is 22.4 Å². The fourth-order valence-corrected chi connectivity index (χ4v) is 2.82. The van der Waals surface area contributed by atoms with Gasteiger partial charge < -0.3 is 5.32 Å². The number of carbonyl (C=O) groups excluding carboxylic acids is 1. The number of nitrogens with one attached hydrogen (secondary N) is 2. The van der Waals surface area contributed by atoms with Gasteiger partial charge in [0.2, 0.25) is 5.91 Å². The van der Waals surface area contributed by atoms with Crippen molar-refractivity contribution in [2.75, 3.05) is 5.32 Å². The standard InChI is InChI=1S/C17H14Cl2F4N2O/c1-7(9-5-13(21)11(19)6-10(9)18)24-8(2)17(26)25-14-4-3-12(20)15(22)16(14)23/h3-8,24H,1-2H3,(H,25,26)/t7-,8+/m1/s1. The van der Waals surface area contributed by atoms with Gasteiger partial charge in [0.25, 0.3) is 0 Å². The van der Waals surface area contributed by atoms with Crippen molar-refractivity contribution in [2.45, 2.75) is 25.9 Å². The molecule has 2 aromatic rings. The number of halogens is 6. The van der Waals surface area contributed by atoms with Crippen molar-refractivity contribution in [3.05, 3.63) is 63.1 Å². The molecule has 2 rings (SSSR count). The number of anilines is 1. The number of amides is 1. The molecule has 0 aliphatic heterocycles. The third-order valence-electron chi connectivity index (χ3n) is 3.69. The van der Waals surface area contributed by atoms with Crippen LogP contribution in [0.3, 0.4) is 0 Å². The Hall–Kier alpha value is -1.83. The molecule has 2 N–H and O–H groups in total. The average molecular weight is 409 g/mol. The molecule has 0 heterocycles. The van der Waals surface area contributed by atoms with Crippen LogP contribution in [0.1, 0.15) is 25.5 Å².